The number of thiophene rings is 1. The summed E-state index contributed by atoms with van der Waals surface area (Å²) in [5, 5.41) is 26.4. The molecule has 0 bridgehead atoms. The number of nitrogens with zero attached hydrogens (tertiary/aromatic N) is 4. The maximum Gasteiger partial charge on any atom is 0.0991 e. The average Bonchev–Trinajstić information content (AvgIpc) is 3.89. The van der Waals surface area contributed by atoms with Gasteiger partial charge in [0.15, 0.2) is 0 Å². The minimum atomic E-state index is 0.591. The Hall–Kier alpha value is -7.44. The third-order valence-electron chi connectivity index (χ3n) is 11.0. The van der Waals surface area contributed by atoms with Crippen molar-refractivity contribution in [3.8, 4) is 45.8 Å². The molecule has 3 aromatic heterocycles. The normalized spacial score (nSPS) is 11.6. The van der Waals surface area contributed by atoms with Gasteiger partial charge in [0.1, 0.15) is 0 Å². The minimum Gasteiger partial charge on any atom is -0.309 e. The van der Waals surface area contributed by atoms with Crippen molar-refractivity contribution in [2.45, 2.75) is 0 Å². The van der Waals surface area contributed by atoms with E-state index in [0.29, 0.717) is 11.1 Å². The fraction of sp³-hybridized carbons (Fsp3) is 0. The highest BCUT2D eigenvalue weighted by Crippen LogP contribution is 2.42. The van der Waals surface area contributed by atoms with Crippen LogP contribution < -0.4 is 0 Å². The molecule has 0 N–H and O–H groups in total. The van der Waals surface area contributed by atoms with E-state index in [1.54, 1.807) is 0 Å². The quantitative estimate of drug-likeness (QED) is 0.182. The first-order valence-electron chi connectivity index (χ1n) is 18.2. The molecule has 0 unspecified atom stereocenters. The zero-order chi connectivity index (χ0) is 36.6. The van der Waals surface area contributed by atoms with Crippen LogP contribution in [0.15, 0.2) is 170 Å². The highest BCUT2D eigenvalue weighted by Gasteiger charge is 2.18. The van der Waals surface area contributed by atoms with Crippen LogP contribution in [-0.4, -0.2) is 9.13 Å². The number of nitriles is 2. The summed E-state index contributed by atoms with van der Waals surface area (Å²) in [5.41, 5.74) is 12.2. The molecule has 55 heavy (non-hydrogen) atoms. The molecule has 0 fully saturated rings. The van der Waals surface area contributed by atoms with Gasteiger partial charge in [0.2, 0.25) is 0 Å². The molecule has 254 valence electrons. The molecule has 0 amide bonds. The third-order valence-corrected chi connectivity index (χ3v) is 12.1. The van der Waals surface area contributed by atoms with Gasteiger partial charge in [-0.2, -0.15) is 10.5 Å². The Labute approximate surface area is 320 Å². The van der Waals surface area contributed by atoms with Gasteiger partial charge >= 0.3 is 0 Å². The first kappa shape index (κ1) is 31.1. The summed E-state index contributed by atoms with van der Waals surface area (Å²) < 4.78 is 7.26. The van der Waals surface area contributed by atoms with Crippen molar-refractivity contribution in [3.05, 3.63) is 181 Å². The molecule has 0 aliphatic heterocycles. The maximum atomic E-state index is 9.69. The Kier molecular flexibility index (Phi) is 6.82. The lowest BCUT2D eigenvalue weighted by atomic mass is 9.94. The van der Waals surface area contributed by atoms with E-state index in [9.17, 15) is 10.5 Å². The molecule has 0 aliphatic rings. The molecule has 8 aromatic carbocycles. The predicted molar refractivity (Wildman–Crippen MR) is 228 cm³/mol. The van der Waals surface area contributed by atoms with Crippen molar-refractivity contribution in [1.82, 2.24) is 9.13 Å². The second kappa shape index (κ2) is 12.0. The van der Waals surface area contributed by atoms with Gasteiger partial charge in [-0.05, 0) is 107 Å². The van der Waals surface area contributed by atoms with Crippen molar-refractivity contribution in [3.63, 3.8) is 0 Å². The zero-order valence-electron chi connectivity index (χ0n) is 29.4. The Balaban J connectivity index is 1.08. The highest BCUT2D eigenvalue weighted by molar-refractivity contribution is 7.25. The van der Waals surface area contributed by atoms with E-state index in [0.717, 1.165) is 55.4 Å². The van der Waals surface area contributed by atoms with E-state index in [1.807, 2.05) is 47.7 Å². The lowest BCUT2D eigenvalue weighted by molar-refractivity contribution is 1.18. The van der Waals surface area contributed by atoms with Gasteiger partial charge in [-0.3, -0.25) is 0 Å². The zero-order valence-corrected chi connectivity index (χ0v) is 30.2. The van der Waals surface area contributed by atoms with Gasteiger partial charge in [0.25, 0.3) is 0 Å². The largest absolute Gasteiger partial charge is 0.309 e. The fourth-order valence-corrected chi connectivity index (χ4v) is 9.64. The van der Waals surface area contributed by atoms with E-state index < -0.39 is 0 Å². The van der Waals surface area contributed by atoms with Gasteiger partial charge < -0.3 is 9.13 Å². The fourth-order valence-electron chi connectivity index (χ4n) is 8.52. The van der Waals surface area contributed by atoms with Crippen molar-refractivity contribution < 1.29 is 0 Å². The number of aromatic nitrogens is 2. The average molecular weight is 717 g/mol. The first-order valence-corrected chi connectivity index (χ1v) is 19.0. The van der Waals surface area contributed by atoms with E-state index in [1.165, 1.54) is 42.0 Å². The standard InChI is InChI=1S/C50H28N4S/c51-29-31-19-21-46-41(23-31)42-24-32(30-52)20-22-47(42)53(46)35-11-7-9-33(25-35)37-13-1-2-14-38(37)34-10-8-12-36(26-34)54-45-17-5-3-15-39(45)43-28-50-44(27-48(43)54)40-16-4-6-18-49(40)55-50/h1-28H. The van der Waals surface area contributed by atoms with Crippen LogP contribution in [0.5, 0.6) is 0 Å². The molecule has 5 heteroatoms. The Morgan fingerprint density at radius 1 is 0.364 bits per heavy atom. The molecule has 0 saturated carbocycles. The van der Waals surface area contributed by atoms with Gasteiger partial charge in [-0.1, -0.05) is 84.9 Å². The number of hydrogen-bond acceptors (Lipinski definition) is 3. The summed E-state index contributed by atoms with van der Waals surface area (Å²) in [6.45, 7) is 0. The molecule has 11 rings (SSSR count). The van der Waals surface area contributed by atoms with Crippen LogP contribution >= 0.6 is 11.3 Å². The maximum absolute atomic E-state index is 9.69. The van der Waals surface area contributed by atoms with Crippen LogP contribution in [0, 0.1) is 22.7 Å². The van der Waals surface area contributed by atoms with Crippen LogP contribution in [-0.2, 0) is 0 Å². The molecule has 0 saturated heterocycles. The van der Waals surface area contributed by atoms with Crippen molar-refractivity contribution in [1.29, 1.82) is 10.5 Å². The minimum absolute atomic E-state index is 0.591. The van der Waals surface area contributed by atoms with Crippen molar-refractivity contribution >= 4 is 75.1 Å². The van der Waals surface area contributed by atoms with Gasteiger partial charge in [0, 0.05) is 53.1 Å². The molecule has 4 nitrogen and oxygen atoms in total. The highest BCUT2D eigenvalue weighted by atomic mass is 32.1. The molecule has 0 radical (unpaired) electrons. The molecule has 0 spiro atoms. The Morgan fingerprint density at radius 2 is 0.891 bits per heavy atom. The number of rotatable bonds is 4. The SMILES string of the molecule is N#Cc1ccc2c(c1)c1cc(C#N)ccc1n2-c1cccc(-c2ccccc2-c2cccc(-n3c4ccccc4c4cc5sc6ccccc6c5cc43)c2)c1. The molecule has 0 atom stereocenters. The lowest BCUT2D eigenvalue weighted by Crippen LogP contribution is -1.96. The smallest absolute Gasteiger partial charge is 0.0991 e. The molecule has 11 aromatic rings. The second-order valence-electron chi connectivity index (χ2n) is 14.0. The summed E-state index contributed by atoms with van der Waals surface area (Å²) in [5.74, 6) is 0. The van der Waals surface area contributed by atoms with E-state index in [-0.39, 0.29) is 0 Å². The first-order chi connectivity index (χ1) is 27.2. The molecule has 0 aliphatic carbocycles. The van der Waals surface area contributed by atoms with Crippen LogP contribution in [0.1, 0.15) is 11.1 Å². The van der Waals surface area contributed by atoms with Crippen molar-refractivity contribution in [2.75, 3.05) is 0 Å². The van der Waals surface area contributed by atoms with Gasteiger partial charge in [0.05, 0.1) is 45.3 Å². The molecular weight excluding hydrogens is 689 g/mol. The number of para-hydroxylation sites is 1. The Bertz CT molecular complexity index is 3400. The topological polar surface area (TPSA) is 57.4 Å². The summed E-state index contributed by atoms with van der Waals surface area (Å²) in [4.78, 5) is 0. The monoisotopic (exact) mass is 716 g/mol. The third kappa shape index (κ3) is 4.75. The Morgan fingerprint density at radius 3 is 1.53 bits per heavy atom. The van der Waals surface area contributed by atoms with Gasteiger partial charge in [-0.15, -0.1) is 11.3 Å². The number of hydrogen-bond donors (Lipinski definition) is 0. The van der Waals surface area contributed by atoms with E-state index >= 15 is 0 Å². The number of fused-ring (bicyclic) bond motifs is 9. The second-order valence-corrected chi connectivity index (χ2v) is 15.1. The molecular formula is C50H28N4S. The summed E-state index contributed by atoms with van der Waals surface area (Å²) in [6.07, 6.45) is 0. The van der Waals surface area contributed by atoms with Gasteiger partial charge in [-0.25, -0.2) is 0 Å². The van der Waals surface area contributed by atoms with Crippen LogP contribution in [0.3, 0.4) is 0 Å². The summed E-state index contributed by atoms with van der Waals surface area (Å²) >= 11 is 1.86. The molecule has 3 heterocycles. The predicted octanol–water partition coefficient (Wildman–Crippen LogP) is 13.3. The van der Waals surface area contributed by atoms with Crippen molar-refractivity contribution in [2.24, 2.45) is 0 Å². The number of benzene rings is 8. The van der Waals surface area contributed by atoms with Crippen LogP contribution in [0.25, 0.3) is 97.4 Å². The van der Waals surface area contributed by atoms with Crippen LogP contribution in [0.2, 0.25) is 0 Å². The summed E-state index contributed by atoms with van der Waals surface area (Å²) in [7, 11) is 0. The van der Waals surface area contributed by atoms with Crippen LogP contribution in [0.4, 0.5) is 0 Å². The van der Waals surface area contributed by atoms with E-state index in [2.05, 4.69) is 155 Å². The summed E-state index contributed by atoms with van der Waals surface area (Å²) in [6, 6.07) is 64.5. The van der Waals surface area contributed by atoms with E-state index in [4.69, 9.17) is 0 Å². The lowest BCUT2D eigenvalue weighted by Gasteiger charge is -2.15.